The molecule has 0 aromatic heterocycles. The number of ether oxygens (including phenoxy) is 2. The third-order valence-electron chi connectivity index (χ3n) is 3.99. The number of hydrogen-bond donors (Lipinski definition) is 1. The highest BCUT2D eigenvalue weighted by molar-refractivity contribution is 7.52. The van der Waals surface area contributed by atoms with Crippen LogP contribution in [0.5, 0.6) is 11.5 Å². The van der Waals surface area contributed by atoms with Gasteiger partial charge in [0.1, 0.15) is 18.1 Å². The highest BCUT2D eigenvalue weighted by Crippen LogP contribution is 2.41. The molecule has 0 spiro atoms. The zero-order chi connectivity index (χ0) is 19.7. The van der Waals surface area contributed by atoms with Gasteiger partial charge in [-0.15, -0.1) is 0 Å². The molecule has 5 nitrogen and oxygen atoms in total. The van der Waals surface area contributed by atoms with Gasteiger partial charge in [-0.25, -0.2) is 0 Å². The van der Waals surface area contributed by atoms with Crippen molar-refractivity contribution in [2.75, 3.05) is 26.0 Å². The van der Waals surface area contributed by atoms with Crippen LogP contribution in [0.25, 0.3) is 11.1 Å². The summed E-state index contributed by atoms with van der Waals surface area (Å²) in [6.07, 6.45) is -0.0958. The lowest BCUT2D eigenvalue weighted by Crippen LogP contribution is -2.10. The minimum absolute atomic E-state index is 0.0310. The zero-order valence-corrected chi connectivity index (χ0v) is 16.3. The van der Waals surface area contributed by atoms with Gasteiger partial charge in [-0.05, 0) is 23.8 Å². The second-order valence-corrected chi connectivity index (χ2v) is 8.05. The summed E-state index contributed by atoms with van der Waals surface area (Å²) in [7, 11) is -3.74. The van der Waals surface area contributed by atoms with Crippen LogP contribution in [0.2, 0.25) is 0 Å². The van der Waals surface area contributed by atoms with Crippen LogP contribution in [-0.4, -0.2) is 30.9 Å². The minimum atomic E-state index is -3.74. The van der Waals surface area contributed by atoms with E-state index in [4.69, 9.17) is 14.0 Å². The number of hydrogen-bond acceptors (Lipinski definition) is 4. The van der Waals surface area contributed by atoms with Gasteiger partial charge in [0.2, 0.25) is 0 Å². The van der Waals surface area contributed by atoms with E-state index in [1.165, 1.54) is 0 Å². The Balaban J connectivity index is 1.46. The molecule has 0 aliphatic carbocycles. The van der Waals surface area contributed by atoms with Crippen LogP contribution >= 0.6 is 7.60 Å². The van der Waals surface area contributed by atoms with Crippen molar-refractivity contribution in [1.82, 2.24) is 0 Å². The van der Waals surface area contributed by atoms with Crippen LogP contribution in [0.1, 0.15) is 0 Å². The molecule has 3 rings (SSSR count). The zero-order valence-electron chi connectivity index (χ0n) is 15.4. The minimum Gasteiger partial charge on any atom is -0.492 e. The third-order valence-corrected chi connectivity index (χ3v) is 5.33. The van der Waals surface area contributed by atoms with E-state index >= 15 is 0 Å². The number of para-hydroxylation sites is 2. The van der Waals surface area contributed by atoms with Crippen molar-refractivity contribution in [1.29, 1.82) is 0 Å². The van der Waals surface area contributed by atoms with E-state index < -0.39 is 7.60 Å². The SMILES string of the molecule is O=P(O)(CCOc1ccccc1-c1ccccc1)OCCOc1ccccc1. The quantitative estimate of drug-likeness (QED) is 0.384. The molecule has 6 heteroatoms. The highest BCUT2D eigenvalue weighted by Gasteiger charge is 2.19. The summed E-state index contributed by atoms with van der Waals surface area (Å²) in [5.74, 6) is 1.36. The lowest BCUT2D eigenvalue weighted by Gasteiger charge is -2.15. The normalized spacial score (nSPS) is 12.9. The highest BCUT2D eigenvalue weighted by atomic mass is 31.2. The summed E-state index contributed by atoms with van der Waals surface area (Å²) >= 11 is 0. The Morgan fingerprint density at radius 3 is 2.11 bits per heavy atom. The first-order chi connectivity index (χ1) is 13.6. The molecule has 0 radical (unpaired) electrons. The molecule has 3 aromatic rings. The van der Waals surface area contributed by atoms with Crippen molar-refractivity contribution in [3.63, 3.8) is 0 Å². The van der Waals surface area contributed by atoms with Crippen LogP contribution in [0, 0.1) is 0 Å². The Bertz CT molecular complexity index is 899. The Kier molecular flexibility index (Phi) is 7.26. The molecule has 146 valence electrons. The van der Waals surface area contributed by atoms with Gasteiger partial charge < -0.3 is 18.9 Å². The van der Waals surface area contributed by atoms with E-state index in [9.17, 15) is 9.46 Å². The van der Waals surface area contributed by atoms with Gasteiger partial charge >= 0.3 is 7.60 Å². The fourth-order valence-corrected chi connectivity index (χ4v) is 3.45. The second kappa shape index (κ2) is 10.1. The Labute approximate surface area is 165 Å². The Hall–Kier alpha value is -2.59. The molecule has 0 aliphatic rings. The van der Waals surface area contributed by atoms with Crippen LogP contribution in [0.3, 0.4) is 0 Å². The van der Waals surface area contributed by atoms with Gasteiger partial charge in [-0.3, -0.25) is 4.57 Å². The third kappa shape index (κ3) is 6.24. The first-order valence-electron chi connectivity index (χ1n) is 9.05. The molecule has 1 unspecified atom stereocenters. The van der Waals surface area contributed by atoms with E-state index in [1.54, 1.807) is 0 Å². The fourth-order valence-electron chi connectivity index (χ4n) is 2.64. The summed E-state index contributed by atoms with van der Waals surface area (Å²) < 4.78 is 28.5. The molecule has 1 N–H and O–H groups in total. The monoisotopic (exact) mass is 398 g/mol. The van der Waals surface area contributed by atoms with E-state index in [-0.39, 0.29) is 26.0 Å². The maximum absolute atomic E-state index is 12.2. The molecule has 0 saturated heterocycles. The second-order valence-electron chi connectivity index (χ2n) is 6.07. The van der Waals surface area contributed by atoms with Gasteiger partial charge in [-0.1, -0.05) is 66.7 Å². The van der Waals surface area contributed by atoms with Gasteiger partial charge in [0.25, 0.3) is 0 Å². The van der Waals surface area contributed by atoms with Gasteiger partial charge in [0.15, 0.2) is 0 Å². The molecular formula is C22H23O5P. The van der Waals surface area contributed by atoms with Gasteiger partial charge in [-0.2, -0.15) is 0 Å². The van der Waals surface area contributed by atoms with E-state index in [0.29, 0.717) is 11.5 Å². The lowest BCUT2D eigenvalue weighted by atomic mass is 10.1. The van der Waals surface area contributed by atoms with Gasteiger partial charge in [0.05, 0.1) is 19.4 Å². The predicted octanol–water partition coefficient (Wildman–Crippen LogP) is 5.01. The van der Waals surface area contributed by atoms with Crippen molar-refractivity contribution in [2.45, 2.75) is 0 Å². The van der Waals surface area contributed by atoms with Gasteiger partial charge in [0, 0.05) is 5.56 Å². The average Bonchev–Trinajstić information content (AvgIpc) is 2.73. The van der Waals surface area contributed by atoms with E-state index in [0.717, 1.165) is 11.1 Å². The van der Waals surface area contributed by atoms with Crippen LogP contribution in [0.4, 0.5) is 0 Å². The molecule has 1 atom stereocenters. The van der Waals surface area contributed by atoms with Crippen LogP contribution in [0.15, 0.2) is 84.9 Å². The molecule has 0 fully saturated rings. The average molecular weight is 398 g/mol. The summed E-state index contributed by atoms with van der Waals surface area (Å²) in [6.45, 7) is 0.312. The summed E-state index contributed by atoms with van der Waals surface area (Å²) in [4.78, 5) is 9.97. The molecule has 0 bridgehead atoms. The summed E-state index contributed by atoms with van der Waals surface area (Å²) in [5.41, 5.74) is 1.97. The van der Waals surface area contributed by atoms with Crippen molar-refractivity contribution in [2.24, 2.45) is 0 Å². The number of benzene rings is 3. The van der Waals surface area contributed by atoms with Crippen molar-refractivity contribution >= 4 is 7.60 Å². The predicted molar refractivity (Wildman–Crippen MR) is 110 cm³/mol. The molecule has 3 aromatic carbocycles. The van der Waals surface area contributed by atoms with Crippen LogP contribution < -0.4 is 9.47 Å². The summed E-state index contributed by atoms with van der Waals surface area (Å²) in [5, 5.41) is 0. The fraction of sp³-hybridized carbons (Fsp3) is 0.182. The maximum Gasteiger partial charge on any atom is 0.331 e. The van der Waals surface area contributed by atoms with Crippen molar-refractivity contribution in [3.05, 3.63) is 84.9 Å². The summed E-state index contributed by atoms with van der Waals surface area (Å²) in [6, 6.07) is 26.7. The molecule has 0 saturated carbocycles. The first-order valence-corrected chi connectivity index (χ1v) is 10.8. The largest absolute Gasteiger partial charge is 0.492 e. The molecule has 0 aliphatic heterocycles. The topological polar surface area (TPSA) is 65.0 Å². The first kappa shape index (κ1) is 20.2. The Morgan fingerprint density at radius 1 is 0.714 bits per heavy atom. The lowest BCUT2D eigenvalue weighted by molar-refractivity contribution is 0.193. The smallest absolute Gasteiger partial charge is 0.331 e. The van der Waals surface area contributed by atoms with Crippen molar-refractivity contribution < 1.29 is 23.5 Å². The van der Waals surface area contributed by atoms with Crippen molar-refractivity contribution in [3.8, 4) is 22.6 Å². The molecule has 0 heterocycles. The standard InChI is InChI=1S/C22H23O5P/c23-28(24,27-16-15-25-20-11-5-2-6-12-20)18-17-26-22-14-8-7-13-21(22)19-9-3-1-4-10-19/h1-14H,15-18H2,(H,23,24). The van der Waals surface area contributed by atoms with E-state index in [2.05, 4.69) is 0 Å². The van der Waals surface area contributed by atoms with E-state index in [1.807, 2.05) is 84.9 Å². The molecule has 28 heavy (non-hydrogen) atoms. The van der Waals surface area contributed by atoms with Crippen LogP contribution in [-0.2, 0) is 9.09 Å². The number of rotatable bonds is 10. The maximum atomic E-state index is 12.2. The molecular weight excluding hydrogens is 375 g/mol. The Morgan fingerprint density at radius 2 is 1.36 bits per heavy atom. The molecule has 0 amide bonds.